The average molecular weight is 676 g/mol. The molecule has 2 amide bonds. The number of aliphatic hydroxyl groups is 1. The Bertz CT molecular complexity index is 1440. The van der Waals surface area contributed by atoms with Crippen LogP contribution in [0.2, 0.25) is 0 Å². The quantitative estimate of drug-likeness (QED) is 0.172. The van der Waals surface area contributed by atoms with E-state index in [0.29, 0.717) is 31.6 Å². The number of ether oxygens (including phenoxy) is 3. The molecule has 2 aromatic carbocycles. The van der Waals surface area contributed by atoms with Gasteiger partial charge in [0.1, 0.15) is 12.1 Å². The highest BCUT2D eigenvalue weighted by molar-refractivity contribution is 7.89. The van der Waals surface area contributed by atoms with E-state index >= 15 is 0 Å². The number of hydroxylamine groups is 1. The first-order valence-electron chi connectivity index (χ1n) is 16.1. The number of alkyl carbamates (subject to hydrolysis) is 1. The van der Waals surface area contributed by atoms with Crippen molar-refractivity contribution in [1.82, 2.24) is 15.1 Å². The molecule has 0 aromatic heterocycles. The van der Waals surface area contributed by atoms with Crippen molar-refractivity contribution < 1.29 is 42.2 Å². The Morgan fingerprint density at radius 3 is 2.60 bits per heavy atom. The molecular formula is C32H45N5O9S. The van der Waals surface area contributed by atoms with Gasteiger partial charge in [-0.15, -0.1) is 0 Å². The molecule has 2 aliphatic heterocycles. The van der Waals surface area contributed by atoms with Crippen LogP contribution in [-0.4, -0.2) is 100 Å². The largest absolute Gasteiger partial charge is 0.443 e. The lowest BCUT2D eigenvalue weighted by Gasteiger charge is -2.31. The number of hydrogen-bond donors (Lipinski definition) is 5. The van der Waals surface area contributed by atoms with E-state index in [1.165, 1.54) is 19.2 Å². The molecule has 2 aromatic rings. The van der Waals surface area contributed by atoms with Gasteiger partial charge in [0.05, 0.1) is 48.8 Å². The zero-order chi connectivity index (χ0) is 33.4. The lowest BCUT2D eigenvalue weighted by molar-refractivity contribution is -0.145. The van der Waals surface area contributed by atoms with Crippen LogP contribution in [0.25, 0.3) is 0 Å². The fourth-order valence-corrected chi connectivity index (χ4v) is 7.40. The van der Waals surface area contributed by atoms with Gasteiger partial charge >= 0.3 is 6.09 Å². The molecule has 6 atom stereocenters. The zero-order valence-electron chi connectivity index (χ0n) is 26.5. The van der Waals surface area contributed by atoms with Crippen molar-refractivity contribution in [2.24, 2.45) is 11.7 Å². The number of sulfonamides is 1. The Morgan fingerprint density at radius 2 is 1.85 bits per heavy atom. The SMILES string of the molecule is CNC(=O)C(N)CNc1cccc(S(=O)(=O)N(C[C@@H](O)[C@H](Cc2ccccc2)NC(=O)O[C@H]2CO[C@H]3OCC[C@H]32)OC2CCCC2)c1. The third-order valence-corrected chi connectivity index (χ3v) is 10.3. The van der Waals surface area contributed by atoms with Gasteiger partial charge in [-0.3, -0.25) is 9.63 Å². The highest BCUT2D eigenvalue weighted by atomic mass is 32.2. The molecule has 1 unspecified atom stereocenters. The van der Waals surface area contributed by atoms with Crippen molar-refractivity contribution in [3.8, 4) is 0 Å². The van der Waals surface area contributed by atoms with Crippen molar-refractivity contribution in [3.05, 3.63) is 60.2 Å². The number of nitrogens with one attached hydrogen (secondary N) is 3. The van der Waals surface area contributed by atoms with E-state index in [2.05, 4.69) is 16.0 Å². The number of hydrogen-bond acceptors (Lipinski definition) is 11. The number of nitrogens with zero attached hydrogens (tertiary/aromatic N) is 1. The fraction of sp³-hybridized carbons (Fsp3) is 0.562. The summed E-state index contributed by atoms with van der Waals surface area (Å²) in [6.45, 7) is 0.358. The summed E-state index contributed by atoms with van der Waals surface area (Å²) in [4.78, 5) is 30.9. The molecular weight excluding hydrogens is 630 g/mol. The van der Waals surface area contributed by atoms with Gasteiger partial charge < -0.3 is 41.0 Å². The first-order valence-corrected chi connectivity index (χ1v) is 17.5. The van der Waals surface area contributed by atoms with Gasteiger partial charge in [-0.25, -0.2) is 13.2 Å². The summed E-state index contributed by atoms with van der Waals surface area (Å²) < 4.78 is 45.8. The van der Waals surface area contributed by atoms with Crippen LogP contribution < -0.4 is 21.7 Å². The summed E-state index contributed by atoms with van der Waals surface area (Å²) in [5.41, 5.74) is 7.14. The van der Waals surface area contributed by atoms with E-state index in [4.69, 9.17) is 24.8 Å². The monoisotopic (exact) mass is 675 g/mol. The van der Waals surface area contributed by atoms with Crippen LogP contribution in [0.15, 0.2) is 59.5 Å². The molecule has 6 N–H and O–H groups in total. The molecule has 1 aliphatic carbocycles. The predicted molar refractivity (Wildman–Crippen MR) is 171 cm³/mol. The van der Waals surface area contributed by atoms with E-state index in [0.717, 1.165) is 22.9 Å². The summed E-state index contributed by atoms with van der Waals surface area (Å²) in [7, 11) is -2.82. The molecule has 258 valence electrons. The highest BCUT2D eigenvalue weighted by Gasteiger charge is 2.44. The molecule has 0 spiro atoms. The average Bonchev–Trinajstić information content (AvgIpc) is 3.84. The van der Waals surface area contributed by atoms with Gasteiger partial charge in [-0.05, 0) is 49.4 Å². The number of carbonyl (C=O) groups excluding carboxylic acids is 2. The minimum Gasteiger partial charge on any atom is -0.443 e. The normalized spacial score (nSPS) is 23.2. The summed E-state index contributed by atoms with van der Waals surface area (Å²) in [5, 5.41) is 19.8. The van der Waals surface area contributed by atoms with E-state index in [1.807, 2.05) is 30.3 Å². The number of fused-ring (bicyclic) bond motifs is 1. The third kappa shape index (κ3) is 9.19. The lowest BCUT2D eigenvalue weighted by Crippen LogP contribution is -2.51. The number of benzene rings is 2. The minimum absolute atomic E-state index is 0.0662. The summed E-state index contributed by atoms with van der Waals surface area (Å²) in [6, 6.07) is 13.6. The Morgan fingerprint density at radius 1 is 1.09 bits per heavy atom. The number of anilines is 1. The molecule has 0 radical (unpaired) electrons. The highest BCUT2D eigenvalue weighted by Crippen LogP contribution is 2.33. The Labute approximate surface area is 275 Å². The van der Waals surface area contributed by atoms with Crippen LogP contribution >= 0.6 is 0 Å². The maximum Gasteiger partial charge on any atom is 0.407 e. The minimum atomic E-state index is -4.30. The Kier molecular flexibility index (Phi) is 12.1. The molecule has 14 nitrogen and oxygen atoms in total. The van der Waals surface area contributed by atoms with Gasteiger partial charge in [0, 0.05) is 19.3 Å². The molecule has 47 heavy (non-hydrogen) atoms. The van der Waals surface area contributed by atoms with Crippen LogP contribution in [0.3, 0.4) is 0 Å². The maximum absolute atomic E-state index is 14.1. The van der Waals surface area contributed by atoms with E-state index in [-0.39, 0.29) is 42.4 Å². The smallest absolute Gasteiger partial charge is 0.407 e. The number of likely N-dealkylation sites (N-methyl/N-ethyl adjacent to an activating group) is 1. The van der Waals surface area contributed by atoms with Crippen molar-refractivity contribution in [1.29, 1.82) is 0 Å². The lowest BCUT2D eigenvalue weighted by atomic mass is 10.0. The van der Waals surface area contributed by atoms with Crippen molar-refractivity contribution in [2.75, 3.05) is 38.7 Å². The molecule has 3 fully saturated rings. The number of amides is 2. The first kappa shape index (κ1) is 35.0. The second-order valence-electron chi connectivity index (χ2n) is 12.1. The number of aliphatic hydroxyl groups excluding tert-OH is 1. The molecule has 15 heteroatoms. The topological polar surface area (TPSA) is 191 Å². The molecule has 0 bridgehead atoms. The Hall–Kier alpha value is -3.31. The second kappa shape index (κ2) is 16.2. The standard InChI is InChI=1S/C32H45N5O9S/c1-34-30(39)26(33)18-35-22-10-7-13-24(17-22)47(41,42)37(46-23-11-5-6-12-23)19-28(38)27(16-21-8-3-2-4-9-21)36-32(40)45-29-20-44-31-25(29)14-15-43-31/h2-4,7-10,13,17,23,25-29,31,35,38H,5-6,11-12,14-16,18-20,33H2,1H3,(H,34,39)(H,36,40)/t25-,26?,27-,28+,29-,31+/m0/s1. The van der Waals surface area contributed by atoms with Gasteiger partial charge in [0.15, 0.2) is 6.29 Å². The molecule has 5 rings (SSSR count). The van der Waals surface area contributed by atoms with Crippen LogP contribution in [0.4, 0.5) is 10.5 Å². The zero-order valence-corrected chi connectivity index (χ0v) is 27.3. The van der Waals surface area contributed by atoms with Crippen LogP contribution in [0.1, 0.15) is 37.7 Å². The van der Waals surface area contributed by atoms with E-state index in [9.17, 15) is 23.1 Å². The first-order chi connectivity index (χ1) is 22.6. The van der Waals surface area contributed by atoms with Gasteiger partial charge in [-0.2, -0.15) is 0 Å². The number of nitrogens with two attached hydrogens (primary N) is 1. The van der Waals surface area contributed by atoms with Gasteiger partial charge in [0.25, 0.3) is 10.0 Å². The van der Waals surface area contributed by atoms with Crippen LogP contribution in [0, 0.1) is 5.92 Å². The van der Waals surface area contributed by atoms with Gasteiger partial charge in [-0.1, -0.05) is 53.7 Å². The predicted octanol–water partition coefficient (Wildman–Crippen LogP) is 1.50. The summed E-state index contributed by atoms with van der Waals surface area (Å²) in [5.74, 6) is -0.425. The van der Waals surface area contributed by atoms with Crippen molar-refractivity contribution >= 4 is 27.7 Å². The second-order valence-corrected chi connectivity index (χ2v) is 13.9. The number of carbonyl (C=O) groups is 2. The molecule has 1 saturated carbocycles. The summed E-state index contributed by atoms with van der Waals surface area (Å²) >= 11 is 0. The van der Waals surface area contributed by atoms with E-state index in [1.54, 1.807) is 12.1 Å². The molecule has 3 aliphatic rings. The summed E-state index contributed by atoms with van der Waals surface area (Å²) in [6.07, 6.45) is 0.692. The fourth-order valence-electron chi connectivity index (χ4n) is 6.05. The maximum atomic E-state index is 14.1. The van der Waals surface area contributed by atoms with Crippen LogP contribution in [0.5, 0.6) is 0 Å². The van der Waals surface area contributed by atoms with Crippen LogP contribution in [-0.2, 0) is 40.3 Å². The van der Waals surface area contributed by atoms with Crippen molar-refractivity contribution in [3.63, 3.8) is 0 Å². The Balaban J connectivity index is 1.33. The molecule has 2 saturated heterocycles. The number of rotatable bonds is 15. The van der Waals surface area contributed by atoms with Crippen molar-refractivity contribution in [2.45, 2.75) is 80.1 Å². The van der Waals surface area contributed by atoms with Gasteiger partial charge in [0.2, 0.25) is 5.91 Å². The third-order valence-electron chi connectivity index (χ3n) is 8.72. The molecule has 2 heterocycles. The van der Waals surface area contributed by atoms with E-state index < -0.39 is 53.2 Å².